The van der Waals surface area contributed by atoms with Gasteiger partial charge in [-0.1, -0.05) is 61.9 Å². The van der Waals surface area contributed by atoms with E-state index in [0.29, 0.717) is 19.4 Å². The lowest BCUT2D eigenvalue weighted by molar-refractivity contribution is -0.150. The molecule has 2 atom stereocenters. The van der Waals surface area contributed by atoms with Crippen LogP contribution in [0.2, 0.25) is 0 Å². The number of morpholine rings is 1. The van der Waals surface area contributed by atoms with Crippen molar-refractivity contribution in [2.75, 3.05) is 26.4 Å². The molecule has 1 aliphatic carbocycles. The first kappa shape index (κ1) is 24.7. The number of hydrogen-bond donors (Lipinski definition) is 2. The average molecular weight is 481 g/mol. The van der Waals surface area contributed by atoms with Crippen molar-refractivity contribution in [3.8, 4) is 11.1 Å². The number of carbonyl (C=O) groups is 3. The van der Waals surface area contributed by atoms with Crippen molar-refractivity contribution < 1.29 is 29.0 Å². The molecule has 8 heteroatoms. The number of carboxylic acid groups (broad SMARTS) is 1. The number of amides is 2. The Kier molecular flexibility index (Phi) is 7.40. The van der Waals surface area contributed by atoms with Crippen molar-refractivity contribution in [3.63, 3.8) is 0 Å². The molecular formula is C27H32N2O6. The molecule has 2 N–H and O–H groups in total. The largest absolute Gasteiger partial charge is 0.481 e. The molecule has 2 amide bonds. The van der Waals surface area contributed by atoms with Gasteiger partial charge in [-0.2, -0.15) is 0 Å². The maximum absolute atomic E-state index is 13.5. The summed E-state index contributed by atoms with van der Waals surface area (Å²) in [4.78, 5) is 39.3. The molecule has 0 saturated carbocycles. The highest BCUT2D eigenvalue weighted by atomic mass is 16.5. The van der Waals surface area contributed by atoms with E-state index in [4.69, 9.17) is 9.47 Å². The number of ether oxygens (including phenoxy) is 2. The number of nitrogens with zero attached hydrogens (tertiary/aromatic N) is 1. The van der Waals surface area contributed by atoms with Crippen LogP contribution in [0.1, 0.15) is 50.2 Å². The van der Waals surface area contributed by atoms with Crippen molar-refractivity contribution >= 4 is 18.0 Å². The molecule has 1 fully saturated rings. The highest BCUT2D eigenvalue weighted by Gasteiger charge is 2.42. The molecule has 35 heavy (non-hydrogen) atoms. The summed E-state index contributed by atoms with van der Waals surface area (Å²) in [5.41, 5.74) is 3.28. The second-order valence-corrected chi connectivity index (χ2v) is 9.36. The molecule has 0 bridgehead atoms. The van der Waals surface area contributed by atoms with Gasteiger partial charge in [-0.05, 0) is 35.6 Å². The minimum Gasteiger partial charge on any atom is -0.481 e. The fraction of sp³-hybridized carbons (Fsp3) is 0.444. The topological polar surface area (TPSA) is 105 Å². The van der Waals surface area contributed by atoms with Gasteiger partial charge in [0.25, 0.3) is 0 Å². The highest BCUT2D eigenvalue weighted by Crippen LogP contribution is 2.44. The van der Waals surface area contributed by atoms with Gasteiger partial charge >= 0.3 is 12.1 Å². The number of carboxylic acids is 1. The van der Waals surface area contributed by atoms with Crippen molar-refractivity contribution in [1.82, 2.24) is 10.2 Å². The second-order valence-electron chi connectivity index (χ2n) is 9.36. The Balaban J connectivity index is 1.46. The number of alkyl carbamates (subject to hydrolysis) is 1. The molecule has 0 spiro atoms. The Morgan fingerprint density at radius 2 is 1.74 bits per heavy atom. The molecule has 2 aromatic rings. The minimum absolute atomic E-state index is 0.0829. The number of nitrogens with one attached hydrogen (secondary N) is 1. The predicted molar refractivity (Wildman–Crippen MR) is 130 cm³/mol. The van der Waals surface area contributed by atoms with Crippen molar-refractivity contribution in [2.24, 2.45) is 0 Å². The van der Waals surface area contributed by atoms with E-state index in [1.807, 2.05) is 43.3 Å². The van der Waals surface area contributed by atoms with E-state index in [1.165, 1.54) is 4.90 Å². The van der Waals surface area contributed by atoms with Crippen LogP contribution in [0.5, 0.6) is 0 Å². The number of fused-ring (bicyclic) bond motifs is 3. The third kappa shape index (κ3) is 5.17. The molecular weight excluding hydrogens is 448 g/mol. The molecule has 0 radical (unpaired) electrons. The van der Waals surface area contributed by atoms with Crippen LogP contribution in [0.25, 0.3) is 11.1 Å². The maximum atomic E-state index is 13.5. The number of aliphatic carboxylic acids is 1. The quantitative estimate of drug-likeness (QED) is 0.596. The summed E-state index contributed by atoms with van der Waals surface area (Å²) in [6, 6.07) is 15.6. The zero-order chi connectivity index (χ0) is 25.0. The summed E-state index contributed by atoms with van der Waals surface area (Å²) in [5.74, 6) is -1.40. The first-order chi connectivity index (χ1) is 16.8. The van der Waals surface area contributed by atoms with E-state index in [9.17, 15) is 19.5 Å². The number of rotatable bonds is 8. The Morgan fingerprint density at radius 3 is 2.34 bits per heavy atom. The van der Waals surface area contributed by atoms with Crippen molar-refractivity contribution in [1.29, 1.82) is 0 Å². The molecule has 0 aromatic heterocycles. The molecule has 8 nitrogen and oxygen atoms in total. The van der Waals surface area contributed by atoms with E-state index >= 15 is 0 Å². The minimum atomic E-state index is -1.22. The monoisotopic (exact) mass is 480 g/mol. The highest BCUT2D eigenvalue weighted by molar-refractivity contribution is 5.90. The standard InChI is InChI=1S/C27H32N2O6/c1-3-12-27(2,25(32)29-13-14-34-16-18(29)15-24(30)31)28-26(33)35-17-23-21-10-6-4-8-19(21)20-9-5-7-11-22(20)23/h4-11,18,23H,3,12-17H2,1-2H3,(H,28,33)(H,30,31). The van der Waals surface area contributed by atoms with Crippen molar-refractivity contribution in [3.05, 3.63) is 59.7 Å². The van der Waals surface area contributed by atoms with Gasteiger partial charge in [-0.15, -0.1) is 0 Å². The van der Waals surface area contributed by atoms with Crippen LogP contribution < -0.4 is 5.32 Å². The third-order valence-corrected chi connectivity index (χ3v) is 6.84. The van der Waals surface area contributed by atoms with Gasteiger partial charge in [0, 0.05) is 12.5 Å². The van der Waals surface area contributed by atoms with E-state index in [1.54, 1.807) is 6.92 Å². The number of hydrogen-bond acceptors (Lipinski definition) is 5. The Hall–Kier alpha value is -3.39. The van der Waals surface area contributed by atoms with Crippen LogP contribution >= 0.6 is 0 Å². The van der Waals surface area contributed by atoms with Crippen LogP contribution in [0.4, 0.5) is 4.79 Å². The van der Waals surface area contributed by atoms with Gasteiger partial charge in [-0.3, -0.25) is 9.59 Å². The SMILES string of the molecule is CCCC(C)(NC(=O)OCC1c2ccccc2-c2ccccc21)C(=O)N1CCOCC1CC(=O)O. The van der Waals surface area contributed by atoms with E-state index in [2.05, 4.69) is 17.4 Å². The fourth-order valence-corrected chi connectivity index (χ4v) is 5.19. The molecule has 1 saturated heterocycles. The zero-order valence-corrected chi connectivity index (χ0v) is 20.2. The summed E-state index contributed by atoms with van der Waals surface area (Å²) < 4.78 is 11.1. The van der Waals surface area contributed by atoms with Crippen LogP contribution in [-0.2, 0) is 19.1 Å². The zero-order valence-electron chi connectivity index (χ0n) is 20.2. The van der Waals surface area contributed by atoms with Crippen LogP contribution in [-0.4, -0.2) is 65.9 Å². The first-order valence-corrected chi connectivity index (χ1v) is 12.1. The summed E-state index contributed by atoms with van der Waals surface area (Å²) in [5, 5.41) is 12.0. The molecule has 2 aliphatic rings. The summed E-state index contributed by atoms with van der Waals surface area (Å²) in [7, 11) is 0. The second kappa shape index (κ2) is 10.5. The van der Waals surface area contributed by atoms with E-state index in [0.717, 1.165) is 22.3 Å². The summed E-state index contributed by atoms with van der Waals surface area (Å²) >= 11 is 0. The summed E-state index contributed by atoms with van der Waals surface area (Å²) in [6.45, 7) is 4.52. The number of benzene rings is 2. The first-order valence-electron chi connectivity index (χ1n) is 12.1. The Labute approximate surface area is 205 Å². The van der Waals surface area contributed by atoms with Crippen LogP contribution in [0.3, 0.4) is 0 Å². The lowest BCUT2D eigenvalue weighted by Gasteiger charge is -2.41. The lowest BCUT2D eigenvalue weighted by atomic mass is 9.93. The van der Waals surface area contributed by atoms with E-state index < -0.39 is 23.6 Å². The van der Waals surface area contributed by atoms with Crippen molar-refractivity contribution in [2.45, 2.75) is 50.6 Å². The number of carbonyl (C=O) groups excluding carboxylic acids is 2. The average Bonchev–Trinajstić information content (AvgIpc) is 3.16. The van der Waals surface area contributed by atoms with E-state index in [-0.39, 0.29) is 38.0 Å². The molecule has 2 aromatic carbocycles. The van der Waals surface area contributed by atoms with Gasteiger partial charge in [0.2, 0.25) is 5.91 Å². The maximum Gasteiger partial charge on any atom is 0.408 e. The van der Waals surface area contributed by atoms with Gasteiger partial charge < -0.3 is 24.8 Å². The molecule has 2 unspecified atom stereocenters. The Bertz CT molecular complexity index is 1060. The summed E-state index contributed by atoms with van der Waals surface area (Å²) in [6.07, 6.45) is 0.172. The Morgan fingerprint density at radius 1 is 1.11 bits per heavy atom. The van der Waals surface area contributed by atoms with Gasteiger partial charge in [0.05, 0.1) is 25.7 Å². The van der Waals surface area contributed by atoms with Crippen LogP contribution in [0, 0.1) is 0 Å². The molecule has 1 aliphatic heterocycles. The lowest BCUT2D eigenvalue weighted by Crippen LogP contribution is -2.62. The predicted octanol–water partition coefficient (Wildman–Crippen LogP) is 3.79. The molecule has 4 rings (SSSR count). The molecule has 1 heterocycles. The normalized spacial score (nSPS) is 18.8. The fourth-order valence-electron chi connectivity index (χ4n) is 5.19. The van der Waals surface area contributed by atoms with Crippen LogP contribution in [0.15, 0.2) is 48.5 Å². The van der Waals surface area contributed by atoms with Gasteiger partial charge in [-0.25, -0.2) is 4.79 Å². The van der Waals surface area contributed by atoms with Gasteiger partial charge in [0.1, 0.15) is 12.1 Å². The molecule has 186 valence electrons. The smallest absolute Gasteiger partial charge is 0.408 e. The third-order valence-electron chi connectivity index (χ3n) is 6.84. The van der Waals surface area contributed by atoms with Gasteiger partial charge in [0.15, 0.2) is 0 Å².